The Kier molecular flexibility index (Phi) is 4.37. The van der Waals surface area contributed by atoms with Crippen molar-refractivity contribution in [2.75, 3.05) is 14.2 Å². The lowest BCUT2D eigenvalue weighted by Crippen LogP contribution is -2.23. The van der Waals surface area contributed by atoms with E-state index in [0.717, 1.165) is 16.7 Å². The van der Waals surface area contributed by atoms with Crippen molar-refractivity contribution in [1.82, 2.24) is 14.6 Å². The third kappa shape index (κ3) is 3.06. The molecule has 0 unspecified atom stereocenters. The van der Waals surface area contributed by atoms with Crippen LogP contribution in [-0.4, -0.2) is 28.8 Å². The number of nitrogens with zero attached hydrogens (tertiary/aromatic N) is 3. The third-order valence-corrected chi connectivity index (χ3v) is 5.19. The summed E-state index contributed by atoms with van der Waals surface area (Å²) in [4.78, 5) is 13.5. The number of thiazole rings is 1. The molecule has 0 aliphatic carbocycles. The quantitative estimate of drug-likeness (QED) is 0.545. The highest BCUT2D eigenvalue weighted by Crippen LogP contribution is 2.27. The van der Waals surface area contributed by atoms with E-state index in [0.29, 0.717) is 26.8 Å². The van der Waals surface area contributed by atoms with Crippen molar-refractivity contribution in [2.45, 2.75) is 6.92 Å². The first-order valence-electron chi connectivity index (χ1n) is 8.29. The topological polar surface area (TPSA) is 65.7 Å². The Balaban J connectivity index is 1.86. The number of methoxy groups -OCH3 is 2. The molecule has 0 atom stereocenters. The molecule has 0 radical (unpaired) electrons. The van der Waals surface area contributed by atoms with Gasteiger partial charge in [0.15, 0.2) is 17.3 Å². The van der Waals surface area contributed by atoms with Gasteiger partial charge in [0.1, 0.15) is 0 Å². The van der Waals surface area contributed by atoms with E-state index in [-0.39, 0.29) is 5.56 Å². The van der Waals surface area contributed by atoms with Crippen LogP contribution in [0.2, 0.25) is 0 Å². The monoisotopic (exact) mass is 379 g/mol. The molecule has 0 amide bonds. The highest BCUT2D eigenvalue weighted by molar-refractivity contribution is 7.15. The minimum atomic E-state index is -0.133. The summed E-state index contributed by atoms with van der Waals surface area (Å²) in [6, 6.07) is 13.4. The van der Waals surface area contributed by atoms with E-state index >= 15 is 0 Å². The molecule has 27 heavy (non-hydrogen) atoms. The first kappa shape index (κ1) is 17.2. The lowest BCUT2D eigenvalue weighted by atomic mass is 10.1. The molecule has 0 spiro atoms. The number of aromatic nitrogens is 3. The van der Waals surface area contributed by atoms with Crippen molar-refractivity contribution < 1.29 is 9.47 Å². The molecule has 0 aliphatic rings. The predicted molar refractivity (Wildman–Crippen MR) is 106 cm³/mol. The normalized spacial score (nSPS) is 11.9. The second-order valence-corrected chi connectivity index (χ2v) is 7.05. The molecule has 0 saturated heterocycles. The Hall–Kier alpha value is -3.19. The predicted octanol–water partition coefficient (Wildman–Crippen LogP) is 2.69. The molecule has 6 nitrogen and oxygen atoms in total. The SMILES string of the molecule is COc1ccc(/C=c2\sc3nnc(-c4cccc(C)c4)n3c2=O)cc1OC. The van der Waals surface area contributed by atoms with E-state index in [9.17, 15) is 4.79 Å². The molecule has 7 heteroatoms. The molecule has 2 heterocycles. The number of hydrogen-bond donors (Lipinski definition) is 0. The first-order valence-corrected chi connectivity index (χ1v) is 9.11. The number of ether oxygens (including phenoxy) is 2. The highest BCUT2D eigenvalue weighted by Gasteiger charge is 2.14. The molecule has 136 valence electrons. The van der Waals surface area contributed by atoms with E-state index in [2.05, 4.69) is 10.2 Å². The van der Waals surface area contributed by atoms with Crippen molar-refractivity contribution in [2.24, 2.45) is 0 Å². The van der Waals surface area contributed by atoms with Crippen LogP contribution < -0.4 is 19.6 Å². The van der Waals surface area contributed by atoms with Gasteiger partial charge in [0.05, 0.1) is 18.8 Å². The van der Waals surface area contributed by atoms with Gasteiger partial charge in [0, 0.05) is 5.56 Å². The molecular formula is C20H17N3O3S. The van der Waals surface area contributed by atoms with Gasteiger partial charge in [-0.15, -0.1) is 10.2 Å². The molecule has 2 aromatic heterocycles. The Morgan fingerprint density at radius 1 is 1.04 bits per heavy atom. The van der Waals surface area contributed by atoms with E-state index < -0.39 is 0 Å². The van der Waals surface area contributed by atoms with Gasteiger partial charge in [0.2, 0.25) is 4.96 Å². The molecule has 4 aromatic rings. The summed E-state index contributed by atoms with van der Waals surface area (Å²) < 4.78 is 12.7. The van der Waals surface area contributed by atoms with Crippen LogP contribution in [0.15, 0.2) is 47.3 Å². The summed E-state index contributed by atoms with van der Waals surface area (Å²) in [5.74, 6) is 1.81. The van der Waals surface area contributed by atoms with E-state index in [4.69, 9.17) is 9.47 Å². The number of aryl methyl sites for hydroxylation is 1. The number of benzene rings is 2. The minimum Gasteiger partial charge on any atom is -0.493 e. The number of hydrogen-bond acceptors (Lipinski definition) is 6. The fourth-order valence-electron chi connectivity index (χ4n) is 2.93. The van der Waals surface area contributed by atoms with Gasteiger partial charge in [-0.3, -0.25) is 4.79 Å². The van der Waals surface area contributed by atoms with Crippen LogP contribution in [0.4, 0.5) is 0 Å². The molecule has 0 fully saturated rings. The van der Waals surface area contributed by atoms with Gasteiger partial charge >= 0.3 is 0 Å². The molecule has 0 N–H and O–H groups in total. The van der Waals surface area contributed by atoms with Crippen molar-refractivity contribution >= 4 is 22.4 Å². The van der Waals surface area contributed by atoms with Crippen LogP contribution in [0.25, 0.3) is 22.4 Å². The maximum Gasteiger partial charge on any atom is 0.276 e. The Morgan fingerprint density at radius 2 is 1.85 bits per heavy atom. The summed E-state index contributed by atoms with van der Waals surface area (Å²) in [5, 5.41) is 8.37. The lowest BCUT2D eigenvalue weighted by molar-refractivity contribution is 0.355. The summed E-state index contributed by atoms with van der Waals surface area (Å²) in [6.07, 6.45) is 1.82. The molecular weight excluding hydrogens is 362 g/mol. The maximum absolute atomic E-state index is 13.0. The fraction of sp³-hybridized carbons (Fsp3) is 0.150. The zero-order chi connectivity index (χ0) is 19.0. The molecule has 0 saturated carbocycles. The first-order chi connectivity index (χ1) is 13.1. The van der Waals surface area contributed by atoms with Gasteiger partial charge in [-0.1, -0.05) is 41.2 Å². The van der Waals surface area contributed by atoms with Crippen LogP contribution in [0.5, 0.6) is 11.5 Å². The maximum atomic E-state index is 13.0. The molecule has 2 aromatic carbocycles. The summed E-state index contributed by atoms with van der Waals surface area (Å²) in [5.41, 5.74) is 2.68. The fourth-order valence-corrected chi connectivity index (χ4v) is 3.84. The average Bonchev–Trinajstić information content (AvgIpc) is 3.22. The third-order valence-electron chi connectivity index (χ3n) is 4.23. The molecule has 0 bridgehead atoms. The largest absolute Gasteiger partial charge is 0.493 e. The van der Waals surface area contributed by atoms with Crippen LogP contribution >= 0.6 is 11.3 Å². The Morgan fingerprint density at radius 3 is 2.59 bits per heavy atom. The zero-order valence-corrected chi connectivity index (χ0v) is 15.9. The van der Waals surface area contributed by atoms with Crippen LogP contribution in [0.3, 0.4) is 0 Å². The second-order valence-electron chi connectivity index (χ2n) is 6.04. The Bertz CT molecular complexity index is 1240. The zero-order valence-electron chi connectivity index (χ0n) is 15.1. The van der Waals surface area contributed by atoms with Crippen molar-refractivity contribution in [1.29, 1.82) is 0 Å². The van der Waals surface area contributed by atoms with Crippen LogP contribution in [0, 0.1) is 6.92 Å². The number of fused-ring (bicyclic) bond motifs is 1. The van der Waals surface area contributed by atoms with E-state index in [1.165, 1.54) is 11.3 Å². The van der Waals surface area contributed by atoms with Crippen LogP contribution in [0.1, 0.15) is 11.1 Å². The van der Waals surface area contributed by atoms with Crippen molar-refractivity contribution in [3.8, 4) is 22.9 Å². The van der Waals surface area contributed by atoms with Crippen LogP contribution in [-0.2, 0) is 0 Å². The Labute approximate surface area is 159 Å². The smallest absolute Gasteiger partial charge is 0.276 e. The van der Waals surface area contributed by atoms with Gasteiger partial charge in [-0.2, -0.15) is 0 Å². The summed E-state index contributed by atoms with van der Waals surface area (Å²) in [6.45, 7) is 2.00. The standard InChI is InChI=1S/C20H17N3O3S/c1-12-5-4-6-14(9-12)18-21-22-20-23(18)19(24)17(27-20)11-13-7-8-15(25-2)16(10-13)26-3/h4-11H,1-3H3/b17-11-. The summed E-state index contributed by atoms with van der Waals surface area (Å²) >= 11 is 1.31. The van der Waals surface area contributed by atoms with E-state index in [1.54, 1.807) is 18.6 Å². The summed E-state index contributed by atoms with van der Waals surface area (Å²) in [7, 11) is 3.17. The molecule has 0 aliphatic heterocycles. The minimum absolute atomic E-state index is 0.133. The number of rotatable bonds is 4. The lowest BCUT2D eigenvalue weighted by Gasteiger charge is -2.07. The van der Waals surface area contributed by atoms with Crippen molar-refractivity contribution in [3.63, 3.8) is 0 Å². The van der Waals surface area contributed by atoms with Gasteiger partial charge in [0.25, 0.3) is 5.56 Å². The van der Waals surface area contributed by atoms with Crippen molar-refractivity contribution in [3.05, 3.63) is 68.5 Å². The molecule has 4 rings (SSSR count). The van der Waals surface area contributed by atoms with E-state index in [1.807, 2.05) is 55.5 Å². The van der Waals surface area contributed by atoms with Gasteiger partial charge in [-0.05, 0) is 36.8 Å². The van der Waals surface area contributed by atoms with Gasteiger partial charge < -0.3 is 9.47 Å². The highest BCUT2D eigenvalue weighted by atomic mass is 32.1. The van der Waals surface area contributed by atoms with Gasteiger partial charge in [-0.25, -0.2) is 4.40 Å². The second kappa shape index (κ2) is 6.85. The average molecular weight is 379 g/mol.